The molecule has 2 heterocycles. The van der Waals surface area contributed by atoms with Crippen molar-refractivity contribution >= 4 is 35.0 Å². The van der Waals surface area contributed by atoms with Gasteiger partial charge in [-0.3, -0.25) is 0 Å². The van der Waals surface area contributed by atoms with Crippen molar-refractivity contribution in [2.75, 3.05) is 34.9 Å². The normalized spacial score (nSPS) is 21.2. The monoisotopic (exact) mass is 241 g/mol. The molecule has 0 spiro atoms. The van der Waals surface area contributed by atoms with Gasteiger partial charge in [-0.2, -0.15) is 23.5 Å². The Morgan fingerprint density at radius 3 is 3.07 bits per heavy atom. The molecule has 2 rings (SSSR count). The van der Waals surface area contributed by atoms with Crippen molar-refractivity contribution in [3.63, 3.8) is 0 Å². The third-order valence-corrected chi connectivity index (χ3v) is 5.03. The molecular weight excluding hydrogens is 226 g/mol. The Bertz CT molecular complexity index is 296. The van der Waals surface area contributed by atoms with Crippen molar-refractivity contribution in [3.05, 3.63) is 18.3 Å². The van der Waals surface area contributed by atoms with E-state index in [4.69, 9.17) is 5.73 Å². The van der Waals surface area contributed by atoms with Crippen molar-refractivity contribution in [2.45, 2.75) is 5.25 Å². The third kappa shape index (κ3) is 3.50. The first-order valence-corrected chi connectivity index (χ1v) is 7.20. The molecule has 0 aliphatic carbocycles. The molecule has 1 aromatic heterocycles. The summed E-state index contributed by atoms with van der Waals surface area (Å²) in [5.74, 6) is 4.72. The molecule has 1 aliphatic rings. The lowest BCUT2D eigenvalue weighted by Gasteiger charge is -2.21. The van der Waals surface area contributed by atoms with Crippen LogP contribution in [0.4, 0.5) is 11.5 Å². The van der Waals surface area contributed by atoms with Crippen LogP contribution in [0.3, 0.4) is 0 Å². The lowest BCUT2D eigenvalue weighted by molar-refractivity contribution is 0.993. The predicted molar refractivity (Wildman–Crippen MR) is 70.7 cm³/mol. The SMILES string of the molecule is Nc1ccc(NCC2CSCCS2)nc1. The van der Waals surface area contributed by atoms with Gasteiger partial charge in [0.15, 0.2) is 0 Å². The minimum atomic E-state index is 0.711. The summed E-state index contributed by atoms with van der Waals surface area (Å²) in [5.41, 5.74) is 6.28. The van der Waals surface area contributed by atoms with Crippen LogP contribution in [0.15, 0.2) is 18.3 Å². The molecule has 1 aliphatic heterocycles. The molecule has 1 saturated heterocycles. The number of aromatic nitrogens is 1. The van der Waals surface area contributed by atoms with Crippen LogP contribution in [0.5, 0.6) is 0 Å². The molecule has 1 fully saturated rings. The summed E-state index contributed by atoms with van der Waals surface area (Å²) in [6.45, 7) is 0.995. The summed E-state index contributed by atoms with van der Waals surface area (Å²) in [6, 6.07) is 3.80. The van der Waals surface area contributed by atoms with E-state index >= 15 is 0 Å². The highest BCUT2D eigenvalue weighted by Gasteiger charge is 2.13. The fraction of sp³-hybridized carbons (Fsp3) is 0.500. The minimum Gasteiger partial charge on any atom is -0.397 e. The van der Waals surface area contributed by atoms with E-state index in [1.165, 1.54) is 17.3 Å². The first-order chi connectivity index (χ1) is 7.34. The first kappa shape index (κ1) is 11.0. The van der Waals surface area contributed by atoms with Crippen molar-refractivity contribution in [1.29, 1.82) is 0 Å². The van der Waals surface area contributed by atoms with Gasteiger partial charge in [-0.25, -0.2) is 4.98 Å². The Morgan fingerprint density at radius 1 is 1.47 bits per heavy atom. The molecule has 1 atom stereocenters. The highest BCUT2D eigenvalue weighted by Crippen LogP contribution is 2.24. The van der Waals surface area contributed by atoms with Gasteiger partial charge in [0, 0.05) is 29.1 Å². The number of rotatable bonds is 3. The molecule has 1 aromatic rings. The molecule has 3 nitrogen and oxygen atoms in total. The molecule has 3 N–H and O–H groups in total. The van der Waals surface area contributed by atoms with Crippen LogP contribution in [0.25, 0.3) is 0 Å². The highest BCUT2D eigenvalue weighted by molar-refractivity contribution is 8.06. The summed E-state index contributed by atoms with van der Waals surface area (Å²) in [7, 11) is 0. The average molecular weight is 241 g/mol. The Kier molecular flexibility index (Phi) is 4.02. The zero-order valence-electron chi connectivity index (χ0n) is 8.48. The fourth-order valence-electron chi connectivity index (χ4n) is 1.38. The van der Waals surface area contributed by atoms with Crippen molar-refractivity contribution < 1.29 is 0 Å². The van der Waals surface area contributed by atoms with Crippen LogP contribution >= 0.6 is 23.5 Å². The van der Waals surface area contributed by atoms with Crippen LogP contribution in [0.1, 0.15) is 0 Å². The number of nitrogens with one attached hydrogen (secondary N) is 1. The van der Waals surface area contributed by atoms with E-state index in [1.54, 1.807) is 6.20 Å². The first-order valence-electron chi connectivity index (χ1n) is 4.99. The van der Waals surface area contributed by atoms with E-state index < -0.39 is 0 Å². The van der Waals surface area contributed by atoms with Gasteiger partial charge in [0.1, 0.15) is 5.82 Å². The van der Waals surface area contributed by atoms with E-state index in [-0.39, 0.29) is 0 Å². The maximum absolute atomic E-state index is 5.57. The van der Waals surface area contributed by atoms with Crippen LogP contribution in [-0.4, -0.2) is 34.0 Å². The molecule has 0 amide bonds. The Labute approximate surface area is 98.6 Å². The van der Waals surface area contributed by atoms with Gasteiger partial charge in [0.2, 0.25) is 0 Å². The Hall–Kier alpha value is -0.550. The maximum Gasteiger partial charge on any atom is 0.126 e. The summed E-state index contributed by atoms with van der Waals surface area (Å²) in [6.07, 6.45) is 1.69. The lowest BCUT2D eigenvalue weighted by Crippen LogP contribution is -2.23. The summed E-state index contributed by atoms with van der Waals surface area (Å²) in [4.78, 5) is 4.21. The smallest absolute Gasteiger partial charge is 0.126 e. The molecule has 0 saturated carbocycles. The van der Waals surface area contributed by atoms with E-state index in [0.29, 0.717) is 10.9 Å². The van der Waals surface area contributed by atoms with Crippen LogP contribution in [0, 0.1) is 0 Å². The molecule has 0 bridgehead atoms. The van der Waals surface area contributed by atoms with E-state index in [0.717, 1.165) is 12.4 Å². The quantitative estimate of drug-likeness (QED) is 0.847. The fourth-order valence-corrected chi connectivity index (χ4v) is 3.99. The molecule has 0 aromatic carbocycles. The number of hydrogen-bond acceptors (Lipinski definition) is 5. The number of thioether (sulfide) groups is 2. The maximum atomic E-state index is 5.57. The van der Waals surface area contributed by atoms with Crippen LogP contribution in [-0.2, 0) is 0 Å². The molecule has 5 heteroatoms. The topological polar surface area (TPSA) is 50.9 Å². The molecule has 15 heavy (non-hydrogen) atoms. The van der Waals surface area contributed by atoms with Gasteiger partial charge in [0.05, 0.1) is 11.9 Å². The second-order valence-corrected chi connectivity index (χ2v) is 5.98. The van der Waals surface area contributed by atoms with E-state index in [1.807, 2.05) is 35.7 Å². The van der Waals surface area contributed by atoms with Gasteiger partial charge < -0.3 is 11.1 Å². The van der Waals surface area contributed by atoms with Gasteiger partial charge in [0.25, 0.3) is 0 Å². The van der Waals surface area contributed by atoms with Crippen molar-refractivity contribution in [2.24, 2.45) is 0 Å². The summed E-state index contributed by atoms with van der Waals surface area (Å²) < 4.78 is 0. The summed E-state index contributed by atoms with van der Waals surface area (Å²) >= 11 is 4.09. The van der Waals surface area contributed by atoms with Crippen molar-refractivity contribution in [3.8, 4) is 0 Å². The summed E-state index contributed by atoms with van der Waals surface area (Å²) in [5, 5.41) is 4.05. The van der Waals surface area contributed by atoms with E-state index in [2.05, 4.69) is 10.3 Å². The number of nitrogen functional groups attached to an aromatic ring is 1. The molecule has 0 radical (unpaired) electrons. The number of nitrogens with two attached hydrogens (primary N) is 1. The van der Waals surface area contributed by atoms with Crippen LogP contribution < -0.4 is 11.1 Å². The Balaban J connectivity index is 1.79. The highest BCUT2D eigenvalue weighted by atomic mass is 32.2. The zero-order chi connectivity index (χ0) is 10.5. The second kappa shape index (κ2) is 5.51. The Morgan fingerprint density at radius 2 is 2.40 bits per heavy atom. The molecule has 82 valence electrons. The van der Waals surface area contributed by atoms with Gasteiger partial charge in [-0.1, -0.05) is 0 Å². The van der Waals surface area contributed by atoms with Gasteiger partial charge in [-0.15, -0.1) is 0 Å². The minimum absolute atomic E-state index is 0.711. The second-order valence-electron chi connectivity index (χ2n) is 3.43. The van der Waals surface area contributed by atoms with Gasteiger partial charge in [-0.05, 0) is 12.1 Å². The molecule has 1 unspecified atom stereocenters. The number of hydrogen-bond donors (Lipinski definition) is 2. The predicted octanol–water partition coefficient (Wildman–Crippen LogP) is 1.92. The van der Waals surface area contributed by atoms with Crippen molar-refractivity contribution in [1.82, 2.24) is 4.98 Å². The number of pyridine rings is 1. The van der Waals surface area contributed by atoms with Gasteiger partial charge >= 0.3 is 0 Å². The third-order valence-electron chi connectivity index (χ3n) is 2.18. The number of anilines is 2. The average Bonchev–Trinajstić information content (AvgIpc) is 2.30. The van der Waals surface area contributed by atoms with Crippen LogP contribution in [0.2, 0.25) is 0 Å². The standard InChI is InChI=1S/C10H15N3S2/c11-8-1-2-10(12-5-8)13-6-9-7-14-3-4-15-9/h1-2,5,9H,3-4,6-7,11H2,(H,12,13). The largest absolute Gasteiger partial charge is 0.397 e. The molecular formula is C10H15N3S2. The number of nitrogens with zero attached hydrogens (tertiary/aromatic N) is 1. The zero-order valence-corrected chi connectivity index (χ0v) is 10.1. The lowest BCUT2D eigenvalue weighted by atomic mass is 10.4. The van der Waals surface area contributed by atoms with E-state index in [9.17, 15) is 0 Å².